The minimum atomic E-state index is -0.0826. The maximum atomic E-state index is 8.99. The molecule has 4 heteroatoms. The Hall–Kier alpha value is -0.820. The van der Waals surface area contributed by atoms with Gasteiger partial charge in [-0.3, -0.25) is 4.68 Å². The van der Waals surface area contributed by atoms with E-state index >= 15 is 0 Å². The second-order valence-corrected chi connectivity index (χ2v) is 5.70. The van der Waals surface area contributed by atoms with Crippen LogP contribution in [0.3, 0.4) is 0 Å². The molecule has 1 aromatic heterocycles. The lowest BCUT2D eigenvalue weighted by Gasteiger charge is -2.22. The Morgan fingerprint density at radius 2 is 2.06 bits per heavy atom. The Labute approximate surface area is 106 Å². The Bertz CT molecular complexity index is 407. The van der Waals surface area contributed by atoms with E-state index in [0.717, 1.165) is 29.4 Å². The number of aromatic nitrogens is 2. The average molecular weight is 284 g/mol. The summed E-state index contributed by atoms with van der Waals surface area (Å²) in [5.41, 5.74) is 1.53. The average Bonchev–Trinajstić information content (AvgIpc) is 2.52. The first-order valence-electron chi connectivity index (χ1n) is 5.59. The predicted octanol–water partition coefficient (Wildman–Crippen LogP) is 3.61. The standard InChI is InChI=1S/C12H18BrN3/c1-5-6-7-10-11(13)9(8-14)15-16(10)12(2,3)4/h5-7H2,1-4H3. The van der Waals surface area contributed by atoms with Crippen molar-refractivity contribution in [2.24, 2.45) is 0 Å². The zero-order valence-corrected chi connectivity index (χ0v) is 11.9. The highest BCUT2D eigenvalue weighted by atomic mass is 79.9. The van der Waals surface area contributed by atoms with Crippen LogP contribution in [-0.4, -0.2) is 9.78 Å². The van der Waals surface area contributed by atoms with Gasteiger partial charge < -0.3 is 0 Å². The lowest BCUT2D eigenvalue weighted by Crippen LogP contribution is -2.25. The zero-order valence-electron chi connectivity index (χ0n) is 10.3. The van der Waals surface area contributed by atoms with E-state index in [-0.39, 0.29) is 5.54 Å². The van der Waals surface area contributed by atoms with Gasteiger partial charge >= 0.3 is 0 Å². The third-order valence-electron chi connectivity index (χ3n) is 2.43. The molecule has 1 heterocycles. The second kappa shape index (κ2) is 5.01. The summed E-state index contributed by atoms with van der Waals surface area (Å²) < 4.78 is 2.82. The highest BCUT2D eigenvalue weighted by Crippen LogP contribution is 2.27. The van der Waals surface area contributed by atoms with Crippen molar-refractivity contribution in [3.05, 3.63) is 15.9 Å². The van der Waals surface area contributed by atoms with Crippen LogP contribution in [0.2, 0.25) is 0 Å². The molecule has 16 heavy (non-hydrogen) atoms. The topological polar surface area (TPSA) is 41.6 Å². The van der Waals surface area contributed by atoms with Crippen molar-refractivity contribution >= 4 is 15.9 Å². The zero-order chi connectivity index (χ0) is 12.3. The number of halogens is 1. The van der Waals surface area contributed by atoms with Gasteiger partial charge in [0.25, 0.3) is 0 Å². The van der Waals surface area contributed by atoms with E-state index in [1.54, 1.807) is 0 Å². The lowest BCUT2D eigenvalue weighted by atomic mass is 10.1. The van der Waals surface area contributed by atoms with Gasteiger partial charge in [0.1, 0.15) is 6.07 Å². The fourth-order valence-electron chi connectivity index (χ4n) is 1.62. The summed E-state index contributed by atoms with van der Waals surface area (Å²) in [6.45, 7) is 8.46. The van der Waals surface area contributed by atoms with E-state index in [1.807, 2.05) is 4.68 Å². The Balaban J connectivity index is 3.21. The summed E-state index contributed by atoms with van der Waals surface area (Å²) in [5.74, 6) is 0. The largest absolute Gasteiger partial charge is 0.262 e. The Morgan fingerprint density at radius 3 is 2.50 bits per heavy atom. The van der Waals surface area contributed by atoms with E-state index < -0.39 is 0 Å². The van der Waals surface area contributed by atoms with Crippen LogP contribution < -0.4 is 0 Å². The number of hydrogen-bond donors (Lipinski definition) is 0. The van der Waals surface area contributed by atoms with Crippen LogP contribution in [0.4, 0.5) is 0 Å². The molecule has 0 N–H and O–H groups in total. The van der Waals surface area contributed by atoms with Gasteiger partial charge in [-0.25, -0.2) is 0 Å². The Kier molecular flexibility index (Phi) is 4.15. The molecule has 0 aliphatic heterocycles. The SMILES string of the molecule is CCCCc1c(Br)c(C#N)nn1C(C)(C)C. The van der Waals surface area contributed by atoms with Gasteiger partial charge in [0.15, 0.2) is 5.69 Å². The van der Waals surface area contributed by atoms with E-state index in [1.165, 1.54) is 0 Å². The highest BCUT2D eigenvalue weighted by molar-refractivity contribution is 9.10. The number of nitriles is 1. The molecule has 0 amide bonds. The first kappa shape index (κ1) is 13.2. The number of rotatable bonds is 3. The van der Waals surface area contributed by atoms with Crippen LogP contribution in [0, 0.1) is 11.3 Å². The second-order valence-electron chi connectivity index (χ2n) is 4.91. The molecule has 0 bridgehead atoms. The number of nitrogens with zero attached hydrogens (tertiary/aromatic N) is 3. The maximum absolute atomic E-state index is 8.99. The quantitative estimate of drug-likeness (QED) is 0.850. The molecule has 0 saturated carbocycles. The molecule has 3 nitrogen and oxygen atoms in total. The van der Waals surface area contributed by atoms with Gasteiger partial charge in [-0.05, 0) is 49.5 Å². The van der Waals surface area contributed by atoms with Crippen molar-refractivity contribution in [2.75, 3.05) is 0 Å². The number of hydrogen-bond acceptors (Lipinski definition) is 2. The van der Waals surface area contributed by atoms with Crippen molar-refractivity contribution in [2.45, 2.75) is 52.5 Å². The minimum Gasteiger partial charge on any atom is -0.262 e. The fraction of sp³-hybridized carbons (Fsp3) is 0.667. The molecule has 0 aliphatic carbocycles. The Morgan fingerprint density at radius 1 is 1.44 bits per heavy atom. The van der Waals surface area contributed by atoms with E-state index in [4.69, 9.17) is 5.26 Å². The van der Waals surface area contributed by atoms with Crippen LogP contribution in [-0.2, 0) is 12.0 Å². The molecule has 0 radical (unpaired) electrons. The van der Waals surface area contributed by atoms with Crippen LogP contribution in [0.1, 0.15) is 51.9 Å². The molecular formula is C12H18BrN3. The predicted molar refractivity (Wildman–Crippen MR) is 68.3 cm³/mol. The fourth-order valence-corrected chi connectivity index (χ4v) is 2.15. The van der Waals surface area contributed by atoms with Crippen molar-refractivity contribution in [3.63, 3.8) is 0 Å². The van der Waals surface area contributed by atoms with Gasteiger partial charge in [0.05, 0.1) is 15.7 Å². The molecule has 0 unspecified atom stereocenters. The van der Waals surface area contributed by atoms with Crippen LogP contribution in [0.15, 0.2) is 4.47 Å². The van der Waals surface area contributed by atoms with E-state index in [0.29, 0.717) is 5.69 Å². The van der Waals surface area contributed by atoms with Crippen LogP contribution >= 0.6 is 15.9 Å². The van der Waals surface area contributed by atoms with Gasteiger partial charge in [0.2, 0.25) is 0 Å². The molecule has 0 aliphatic rings. The molecule has 0 spiro atoms. The molecule has 0 aromatic carbocycles. The first-order valence-corrected chi connectivity index (χ1v) is 6.39. The van der Waals surface area contributed by atoms with Gasteiger partial charge in [-0.15, -0.1) is 0 Å². The lowest BCUT2D eigenvalue weighted by molar-refractivity contribution is 0.341. The summed E-state index contributed by atoms with van der Waals surface area (Å²) >= 11 is 3.48. The van der Waals surface area contributed by atoms with Crippen LogP contribution in [0.5, 0.6) is 0 Å². The smallest absolute Gasteiger partial charge is 0.176 e. The van der Waals surface area contributed by atoms with Crippen molar-refractivity contribution in [1.82, 2.24) is 9.78 Å². The third kappa shape index (κ3) is 2.65. The van der Waals surface area contributed by atoms with E-state index in [2.05, 4.69) is 54.8 Å². The van der Waals surface area contributed by atoms with Crippen molar-refractivity contribution in [3.8, 4) is 6.07 Å². The molecule has 0 saturated heterocycles. The normalized spacial score (nSPS) is 11.5. The maximum Gasteiger partial charge on any atom is 0.176 e. The molecule has 0 atom stereocenters. The molecule has 88 valence electrons. The van der Waals surface area contributed by atoms with Gasteiger partial charge in [-0.1, -0.05) is 13.3 Å². The number of unbranched alkanes of at least 4 members (excludes halogenated alkanes) is 1. The first-order chi connectivity index (χ1) is 7.41. The van der Waals surface area contributed by atoms with Crippen molar-refractivity contribution in [1.29, 1.82) is 5.26 Å². The summed E-state index contributed by atoms with van der Waals surface area (Å²) in [7, 11) is 0. The molecule has 1 rings (SSSR count). The van der Waals surface area contributed by atoms with Crippen LogP contribution in [0.25, 0.3) is 0 Å². The monoisotopic (exact) mass is 283 g/mol. The molecular weight excluding hydrogens is 266 g/mol. The van der Waals surface area contributed by atoms with Crippen molar-refractivity contribution < 1.29 is 0 Å². The summed E-state index contributed by atoms with van der Waals surface area (Å²) in [4.78, 5) is 0. The summed E-state index contributed by atoms with van der Waals surface area (Å²) in [5, 5.41) is 13.4. The highest BCUT2D eigenvalue weighted by Gasteiger charge is 2.23. The summed E-state index contributed by atoms with van der Waals surface area (Å²) in [6.07, 6.45) is 3.22. The van der Waals surface area contributed by atoms with E-state index in [9.17, 15) is 0 Å². The third-order valence-corrected chi connectivity index (χ3v) is 3.26. The molecule has 1 aromatic rings. The minimum absolute atomic E-state index is 0.0826. The van der Waals surface area contributed by atoms with Gasteiger partial charge in [0, 0.05) is 0 Å². The summed E-state index contributed by atoms with van der Waals surface area (Å²) in [6, 6.07) is 2.13. The molecule has 0 fully saturated rings. The van der Waals surface area contributed by atoms with Gasteiger partial charge in [-0.2, -0.15) is 10.4 Å².